The molecule has 1 aliphatic heterocycles. The summed E-state index contributed by atoms with van der Waals surface area (Å²) in [7, 11) is 1.75. The van der Waals surface area contributed by atoms with E-state index in [1.807, 2.05) is 49.4 Å². The van der Waals surface area contributed by atoms with Gasteiger partial charge in [0.15, 0.2) is 5.11 Å². The Balaban J connectivity index is 1.44. The summed E-state index contributed by atoms with van der Waals surface area (Å²) < 4.78 is 0. The van der Waals surface area contributed by atoms with Gasteiger partial charge in [-0.2, -0.15) is 0 Å². The Bertz CT molecular complexity index is 1160. The van der Waals surface area contributed by atoms with Gasteiger partial charge in [-0.25, -0.2) is 4.99 Å². The maximum absolute atomic E-state index is 13.4. The normalized spacial score (nSPS) is 22.4. The van der Waals surface area contributed by atoms with Crippen molar-refractivity contribution in [1.82, 2.24) is 10.6 Å². The van der Waals surface area contributed by atoms with Crippen molar-refractivity contribution in [2.45, 2.75) is 38.8 Å². The first-order valence-corrected chi connectivity index (χ1v) is 13.1. The molecule has 0 saturated heterocycles. The minimum absolute atomic E-state index is 0.190. The Morgan fingerprint density at radius 3 is 2.56 bits per heavy atom. The third-order valence-electron chi connectivity index (χ3n) is 6.83. The number of amides is 1. The number of likely N-dealkylation sites (N-methyl/N-ethyl adjacent to an activating group) is 1. The summed E-state index contributed by atoms with van der Waals surface area (Å²) in [5.41, 5.74) is 8.83. The van der Waals surface area contributed by atoms with Gasteiger partial charge in [0.1, 0.15) is 0 Å². The third kappa shape index (κ3) is 6.42. The fourth-order valence-electron chi connectivity index (χ4n) is 4.77. The van der Waals surface area contributed by atoms with E-state index in [1.165, 1.54) is 0 Å². The van der Waals surface area contributed by atoms with Crippen LogP contribution in [0.25, 0.3) is 0 Å². The third-order valence-corrected chi connectivity index (χ3v) is 7.33. The minimum Gasteiger partial charge on any atom is -0.388 e. The highest BCUT2D eigenvalue weighted by Crippen LogP contribution is 2.30. The van der Waals surface area contributed by atoms with E-state index in [2.05, 4.69) is 15.6 Å². The lowest BCUT2D eigenvalue weighted by atomic mass is 9.82. The number of carbonyl (C=O) groups excluding carboxylic acids is 1. The minimum atomic E-state index is -0.857. The summed E-state index contributed by atoms with van der Waals surface area (Å²) in [6.45, 7) is 3.41. The molecule has 1 unspecified atom stereocenters. The first-order chi connectivity index (χ1) is 17.3. The predicted molar refractivity (Wildman–Crippen MR) is 152 cm³/mol. The zero-order valence-electron chi connectivity index (χ0n) is 20.7. The maximum Gasteiger partial charge on any atom is 0.272 e. The summed E-state index contributed by atoms with van der Waals surface area (Å²) in [6.07, 6.45) is 3.67. The number of benzodiazepines with no additional fused rings is 1. The highest BCUT2D eigenvalue weighted by Gasteiger charge is 2.31. The molecule has 0 aromatic heterocycles. The number of halogens is 1. The fraction of sp³-hybridized carbons (Fsp3) is 0.407. The number of fused-ring (bicyclic) bond motifs is 1. The molecule has 4 N–H and O–H groups in total. The van der Waals surface area contributed by atoms with Crippen LogP contribution in [-0.2, 0) is 4.79 Å². The average Bonchev–Trinajstić information content (AvgIpc) is 2.97. The molecule has 2 aromatic rings. The van der Waals surface area contributed by atoms with Gasteiger partial charge in [-0.1, -0.05) is 41.9 Å². The molecule has 190 valence electrons. The van der Waals surface area contributed by atoms with Crippen LogP contribution in [0.4, 0.5) is 5.69 Å². The molecule has 9 heteroatoms. The summed E-state index contributed by atoms with van der Waals surface area (Å²) in [6, 6.07) is 15.3. The van der Waals surface area contributed by atoms with Crippen molar-refractivity contribution < 1.29 is 4.79 Å². The quantitative estimate of drug-likeness (QED) is 0.300. The Hall–Kier alpha value is -2.97. The molecule has 0 radical (unpaired) electrons. The lowest BCUT2D eigenvalue weighted by molar-refractivity contribution is -0.119. The van der Waals surface area contributed by atoms with Crippen molar-refractivity contribution >= 4 is 52.1 Å². The summed E-state index contributed by atoms with van der Waals surface area (Å²) in [5.74, 6) is 1.60. The van der Waals surface area contributed by atoms with Gasteiger partial charge >= 0.3 is 0 Å². The van der Waals surface area contributed by atoms with Crippen molar-refractivity contribution in [3.63, 3.8) is 0 Å². The van der Waals surface area contributed by atoms with Gasteiger partial charge in [0.25, 0.3) is 5.91 Å². The second kappa shape index (κ2) is 11.8. The van der Waals surface area contributed by atoms with Crippen LogP contribution in [-0.4, -0.2) is 48.9 Å². The van der Waals surface area contributed by atoms with Crippen LogP contribution in [0.15, 0.2) is 58.5 Å². The van der Waals surface area contributed by atoms with E-state index in [-0.39, 0.29) is 5.91 Å². The van der Waals surface area contributed by atoms with Crippen LogP contribution in [0, 0.1) is 11.8 Å². The molecule has 4 rings (SSSR count). The Morgan fingerprint density at radius 2 is 1.86 bits per heavy atom. The van der Waals surface area contributed by atoms with Crippen LogP contribution in [0.3, 0.4) is 0 Å². The standard InChI is InChI=1S/C27H33ClN6OS/c1-17(29)30-15-18-8-10-19(11-9-18)16-31-27(36)33-25-26(35)34(2)23-13-12-21(28)14-22(23)24(32-25)20-6-4-3-5-7-20/h3-7,12-14,18-19,25H,8-11,15-16H2,1-2H3,(H2,29,30)(H2,31,33,36). The molecular weight excluding hydrogens is 492 g/mol. The molecule has 1 aliphatic carbocycles. The van der Waals surface area contributed by atoms with Gasteiger partial charge < -0.3 is 21.3 Å². The molecule has 0 bridgehead atoms. The molecule has 1 fully saturated rings. The first kappa shape index (κ1) is 26.1. The highest BCUT2D eigenvalue weighted by atomic mass is 35.5. The largest absolute Gasteiger partial charge is 0.388 e. The van der Waals surface area contributed by atoms with E-state index in [4.69, 9.17) is 34.5 Å². The number of nitrogens with two attached hydrogens (primary N) is 1. The van der Waals surface area contributed by atoms with Crippen LogP contribution in [0.1, 0.15) is 43.7 Å². The number of rotatable bonds is 6. The molecule has 1 atom stereocenters. The molecule has 2 aromatic carbocycles. The Kier molecular flexibility index (Phi) is 8.59. The Labute approximate surface area is 223 Å². The van der Waals surface area contributed by atoms with Crippen molar-refractivity contribution in [3.05, 3.63) is 64.7 Å². The van der Waals surface area contributed by atoms with Crippen LogP contribution < -0.4 is 21.3 Å². The molecule has 1 saturated carbocycles. The predicted octanol–water partition coefficient (Wildman–Crippen LogP) is 4.13. The lowest BCUT2D eigenvalue weighted by Crippen LogP contribution is -2.50. The number of anilines is 1. The second-order valence-electron chi connectivity index (χ2n) is 9.53. The summed E-state index contributed by atoms with van der Waals surface area (Å²) >= 11 is 11.9. The van der Waals surface area contributed by atoms with Crippen LogP contribution >= 0.6 is 23.8 Å². The topological polar surface area (TPSA) is 95.1 Å². The fourth-order valence-corrected chi connectivity index (χ4v) is 5.14. The molecule has 36 heavy (non-hydrogen) atoms. The van der Waals surface area contributed by atoms with Crippen LogP contribution in [0.2, 0.25) is 5.02 Å². The van der Waals surface area contributed by atoms with Crippen LogP contribution in [0.5, 0.6) is 0 Å². The zero-order valence-corrected chi connectivity index (χ0v) is 22.3. The monoisotopic (exact) mass is 524 g/mol. The van der Waals surface area contributed by atoms with E-state index >= 15 is 0 Å². The molecule has 2 aliphatic rings. The molecule has 1 heterocycles. The number of hydrogen-bond donors (Lipinski definition) is 3. The Morgan fingerprint density at radius 1 is 1.17 bits per heavy atom. The zero-order chi connectivity index (χ0) is 25.7. The van der Waals surface area contributed by atoms with E-state index in [0.717, 1.165) is 55.6 Å². The van der Waals surface area contributed by atoms with Gasteiger partial charge in [-0.3, -0.25) is 9.79 Å². The van der Waals surface area contributed by atoms with E-state index < -0.39 is 6.17 Å². The molecule has 1 amide bonds. The van der Waals surface area contributed by atoms with E-state index in [0.29, 0.717) is 33.5 Å². The number of hydrogen-bond acceptors (Lipinski definition) is 4. The van der Waals surface area contributed by atoms with Gasteiger partial charge in [0.05, 0.1) is 17.2 Å². The highest BCUT2D eigenvalue weighted by molar-refractivity contribution is 7.80. The average molecular weight is 525 g/mol. The van der Waals surface area contributed by atoms with Crippen molar-refractivity contribution in [2.24, 2.45) is 27.6 Å². The van der Waals surface area contributed by atoms with Gasteiger partial charge in [0.2, 0.25) is 6.17 Å². The van der Waals surface area contributed by atoms with Gasteiger partial charge in [-0.15, -0.1) is 0 Å². The molecule has 7 nitrogen and oxygen atoms in total. The van der Waals surface area contributed by atoms with Crippen molar-refractivity contribution in [2.75, 3.05) is 25.0 Å². The summed E-state index contributed by atoms with van der Waals surface area (Å²) in [4.78, 5) is 24.2. The second-order valence-corrected chi connectivity index (χ2v) is 10.4. The van der Waals surface area contributed by atoms with Crippen molar-refractivity contribution in [1.29, 1.82) is 0 Å². The van der Waals surface area contributed by atoms with E-state index in [9.17, 15) is 4.79 Å². The number of aliphatic imine (C=N–C) groups is 2. The number of amidine groups is 1. The number of carbonyl (C=O) groups is 1. The number of thiocarbonyl (C=S) groups is 1. The maximum atomic E-state index is 13.4. The number of nitrogens with zero attached hydrogens (tertiary/aromatic N) is 3. The van der Waals surface area contributed by atoms with Gasteiger partial charge in [0, 0.05) is 36.3 Å². The number of nitrogens with one attached hydrogen (secondary N) is 2. The summed E-state index contributed by atoms with van der Waals surface area (Å²) in [5, 5.41) is 7.47. The molecule has 0 spiro atoms. The lowest BCUT2D eigenvalue weighted by Gasteiger charge is -2.28. The number of benzene rings is 2. The SMILES string of the molecule is CC(N)=NCC1CCC(CNC(=S)NC2N=C(c3ccccc3)c3cc(Cl)ccc3N(C)C2=O)CC1. The van der Waals surface area contributed by atoms with Crippen molar-refractivity contribution in [3.8, 4) is 0 Å². The van der Waals surface area contributed by atoms with Gasteiger partial charge in [-0.05, 0) is 74.9 Å². The van der Waals surface area contributed by atoms with E-state index in [1.54, 1.807) is 18.0 Å². The smallest absolute Gasteiger partial charge is 0.272 e. The molecular formula is C27H33ClN6OS. The first-order valence-electron chi connectivity index (χ1n) is 12.3.